The van der Waals surface area contributed by atoms with Gasteiger partial charge in [0.1, 0.15) is 0 Å². The second-order valence-electron chi connectivity index (χ2n) is 4.94. The number of anilines is 3. The van der Waals surface area contributed by atoms with Crippen molar-refractivity contribution in [2.24, 2.45) is 0 Å². The summed E-state index contributed by atoms with van der Waals surface area (Å²) in [6, 6.07) is 27.0. The van der Waals surface area contributed by atoms with E-state index >= 15 is 0 Å². The lowest BCUT2D eigenvalue weighted by molar-refractivity contribution is -0.0419. The smallest absolute Gasteiger partial charge is 0.180 e. The van der Waals surface area contributed by atoms with Crippen molar-refractivity contribution in [3.8, 4) is 0 Å². The molecule has 0 heterocycles. The van der Waals surface area contributed by atoms with Crippen LogP contribution in [-0.4, -0.2) is 10.2 Å². The summed E-state index contributed by atoms with van der Waals surface area (Å²) in [6.07, 6.45) is -1.52. The van der Waals surface area contributed by atoms with E-state index in [2.05, 4.69) is 0 Å². The summed E-state index contributed by atoms with van der Waals surface area (Å²) in [6.45, 7) is 0. The Morgan fingerprint density at radius 3 is 1.55 bits per heavy atom. The average molecular weight is 291 g/mol. The van der Waals surface area contributed by atoms with Gasteiger partial charge in [0.25, 0.3) is 0 Å². The van der Waals surface area contributed by atoms with E-state index in [9.17, 15) is 10.2 Å². The van der Waals surface area contributed by atoms with Crippen molar-refractivity contribution in [2.45, 2.75) is 6.29 Å². The van der Waals surface area contributed by atoms with E-state index in [1.54, 1.807) is 12.1 Å². The Hall–Kier alpha value is -2.62. The summed E-state index contributed by atoms with van der Waals surface area (Å²) in [4.78, 5) is 2.01. The molecule has 110 valence electrons. The number of hydrogen-bond acceptors (Lipinski definition) is 3. The van der Waals surface area contributed by atoms with Gasteiger partial charge >= 0.3 is 0 Å². The topological polar surface area (TPSA) is 43.7 Å². The third-order valence-corrected chi connectivity index (χ3v) is 3.48. The molecule has 2 N–H and O–H groups in total. The van der Waals surface area contributed by atoms with Gasteiger partial charge in [-0.2, -0.15) is 0 Å². The van der Waals surface area contributed by atoms with Crippen LogP contribution in [0, 0.1) is 0 Å². The first-order chi connectivity index (χ1) is 10.8. The Morgan fingerprint density at radius 1 is 0.591 bits per heavy atom. The minimum absolute atomic E-state index is 0.468. The highest BCUT2D eigenvalue weighted by molar-refractivity contribution is 5.78. The van der Waals surface area contributed by atoms with Gasteiger partial charge in [-0.05, 0) is 30.3 Å². The quantitative estimate of drug-likeness (QED) is 0.710. The highest BCUT2D eigenvalue weighted by atomic mass is 16.5. The number of rotatable bonds is 4. The van der Waals surface area contributed by atoms with Crippen LogP contribution < -0.4 is 4.90 Å². The van der Waals surface area contributed by atoms with Crippen molar-refractivity contribution in [1.29, 1.82) is 0 Å². The van der Waals surface area contributed by atoms with E-state index in [0.717, 1.165) is 17.1 Å². The van der Waals surface area contributed by atoms with Crippen molar-refractivity contribution in [3.63, 3.8) is 0 Å². The van der Waals surface area contributed by atoms with Crippen LogP contribution in [0.2, 0.25) is 0 Å². The molecule has 0 aliphatic carbocycles. The van der Waals surface area contributed by atoms with E-state index < -0.39 is 6.29 Å². The summed E-state index contributed by atoms with van der Waals surface area (Å²) < 4.78 is 0. The predicted octanol–water partition coefficient (Wildman–Crippen LogP) is 4.14. The number of benzene rings is 3. The molecule has 0 radical (unpaired) electrons. The Labute approximate surface area is 129 Å². The van der Waals surface area contributed by atoms with Crippen LogP contribution in [0.4, 0.5) is 17.1 Å². The lowest BCUT2D eigenvalue weighted by atomic mass is 10.1. The van der Waals surface area contributed by atoms with Gasteiger partial charge in [0.2, 0.25) is 0 Å². The van der Waals surface area contributed by atoms with Crippen LogP contribution in [0.15, 0.2) is 84.9 Å². The molecule has 3 aromatic rings. The van der Waals surface area contributed by atoms with Crippen LogP contribution in [0.5, 0.6) is 0 Å². The molecule has 0 aliphatic rings. The summed E-state index contributed by atoms with van der Waals surface area (Å²) in [5, 5.41) is 19.4. The number of aliphatic hydroxyl groups excluding tert-OH is 1. The maximum Gasteiger partial charge on any atom is 0.180 e. The highest BCUT2D eigenvalue weighted by Gasteiger charge is 2.17. The second kappa shape index (κ2) is 6.43. The second-order valence-corrected chi connectivity index (χ2v) is 4.94. The monoisotopic (exact) mass is 291 g/mol. The Balaban J connectivity index is 2.19. The Kier molecular flexibility index (Phi) is 4.19. The SMILES string of the molecule is OC(O)c1ccccc1N(c1ccccc1)c1ccccc1. The van der Waals surface area contributed by atoms with Crippen LogP contribution in [0.25, 0.3) is 0 Å². The summed E-state index contributed by atoms with van der Waals surface area (Å²) in [5.41, 5.74) is 3.13. The predicted molar refractivity (Wildman–Crippen MR) is 88.3 cm³/mol. The maximum atomic E-state index is 9.68. The third kappa shape index (κ3) is 2.86. The molecule has 3 nitrogen and oxygen atoms in total. The largest absolute Gasteiger partial charge is 0.364 e. The van der Waals surface area contributed by atoms with E-state index in [-0.39, 0.29) is 0 Å². The third-order valence-electron chi connectivity index (χ3n) is 3.48. The molecule has 0 unspecified atom stereocenters. The summed E-state index contributed by atoms with van der Waals surface area (Å²) in [5.74, 6) is 0. The van der Waals surface area contributed by atoms with Crippen LogP contribution in [0.1, 0.15) is 11.9 Å². The van der Waals surface area contributed by atoms with Crippen LogP contribution in [0.3, 0.4) is 0 Å². The zero-order chi connectivity index (χ0) is 15.4. The Morgan fingerprint density at radius 2 is 1.05 bits per heavy atom. The van der Waals surface area contributed by atoms with Gasteiger partial charge < -0.3 is 15.1 Å². The van der Waals surface area contributed by atoms with Crippen molar-refractivity contribution < 1.29 is 10.2 Å². The van der Waals surface area contributed by atoms with Crippen LogP contribution >= 0.6 is 0 Å². The molecule has 0 saturated heterocycles. The molecule has 3 heteroatoms. The molecule has 0 aliphatic heterocycles. The fraction of sp³-hybridized carbons (Fsp3) is 0.0526. The van der Waals surface area contributed by atoms with E-state index in [1.165, 1.54) is 0 Å². The Bertz CT molecular complexity index is 687. The fourth-order valence-corrected chi connectivity index (χ4v) is 2.49. The molecular formula is C19H17NO2. The van der Waals surface area contributed by atoms with Gasteiger partial charge in [0.15, 0.2) is 6.29 Å². The van der Waals surface area contributed by atoms with Gasteiger partial charge in [-0.1, -0.05) is 54.6 Å². The van der Waals surface area contributed by atoms with Crippen LogP contribution in [-0.2, 0) is 0 Å². The van der Waals surface area contributed by atoms with Crippen molar-refractivity contribution in [2.75, 3.05) is 4.90 Å². The normalized spacial score (nSPS) is 10.7. The first kappa shape index (κ1) is 14.3. The minimum Gasteiger partial charge on any atom is -0.364 e. The zero-order valence-corrected chi connectivity index (χ0v) is 12.0. The van der Waals surface area contributed by atoms with Gasteiger partial charge in [0, 0.05) is 16.9 Å². The van der Waals surface area contributed by atoms with E-state index in [4.69, 9.17) is 0 Å². The average Bonchev–Trinajstić information content (AvgIpc) is 2.57. The fourth-order valence-electron chi connectivity index (χ4n) is 2.49. The molecule has 0 amide bonds. The number of aliphatic hydroxyl groups is 2. The molecule has 0 spiro atoms. The molecule has 3 rings (SSSR count). The lowest BCUT2D eigenvalue weighted by Gasteiger charge is -2.28. The lowest BCUT2D eigenvalue weighted by Crippen LogP contribution is -2.13. The van der Waals surface area contributed by atoms with Crippen molar-refractivity contribution in [1.82, 2.24) is 0 Å². The zero-order valence-electron chi connectivity index (χ0n) is 12.0. The van der Waals surface area contributed by atoms with Gasteiger partial charge in [0.05, 0.1) is 5.69 Å². The van der Waals surface area contributed by atoms with Gasteiger partial charge in [-0.15, -0.1) is 0 Å². The molecule has 0 bridgehead atoms. The first-order valence-corrected chi connectivity index (χ1v) is 7.12. The molecule has 3 aromatic carbocycles. The number of nitrogens with zero attached hydrogens (tertiary/aromatic N) is 1. The van der Waals surface area contributed by atoms with Crippen molar-refractivity contribution >= 4 is 17.1 Å². The molecule has 22 heavy (non-hydrogen) atoms. The van der Waals surface area contributed by atoms with Crippen molar-refractivity contribution in [3.05, 3.63) is 90.5 Å². The minimum atomic E-state index is -1.52. The maximum absolute atomic E-state index is 9.68. The summed E-state index contributed by atoms with van der Waals surface area (Å²) >= 11 is 0. The highest BCUT2D eigenvalue weighted by Crippen LogP contribution is 2.37. The molecule has 0 saturated carbocycles. The molecule has 0 fully saturated rings. The van der Waals surface area contributed by atoms with E-state index in [0.29, 0.717) is 5.56 Å². The van der Waals surface area contributed by atoms with Gasteiger partial charge in [-0.25, -0.2) is 0 Å². The number of hydrogen-bond donors (Lipinski definition) is 2. The standard InChI is InChI=1S/C19H17NO2/c21-19(22)17-13-7-8-14-18(17)20(15-9-3-1-4-10-15)16-11-5-2-6-12-16/h1-14,19,21-22H. The first-order valence-electron chi connectivity index (χ1n) is 7.12. The van der Waals surface area contributed by atoms with Gasteiger partial charge in [-0.3, -0.25) is 0 Å². The number of para-hydroxylation sites is 3. The molecule has 0 atom stereocenters. The summed E-state index contributed by atoms with van der Waals surface area (Å²) in [7, 11) is 0. The molecule has 0 aromatic heterocycles. The van der Waals surface area contributed by atoms with E-state index in [1.807, 2.05) is 77.7 Å². The molecular weight excluding hydrogens is 274 g/mol.